The van der Waals surface area contributed by atoms with E-state index in [0.29, 0.717) is 61.5 Å². The van der Waals surface area contributed by atoms with Crippen molar-refractivity contribution in [2.24, 2.45) is 0 Å². The fourth-order valence-corrected chi connectivity index (χ4v) is 8.01. The Morgan fingerprint density at radius 1 is 0.717 bits per heavy atom. The van der Waals surface area contributed by atoms with Crippen molar-refractivity contribution in [2.75, 3.05) is 36.8 Å². The number of rotatable bonds is 9. The van der Waals surface area contributed by atoms with E-state index < -0.39 is 23.8 Å². The second-order valence-electron chi connectivity index (χ2n) is 10.7. The van der Waals surface area contributed by atoms with Gasteiger partial charge >= 0.3 is 11.9 Å². The number of hydrogen-bond donors (Lipinski definition) is 4. The molecule has 4 aromatic rings. The molecule has 0 bridgehead atoms. The minimum absolute atomic E-state index is 0.0729. The summed E-state index contributed by atoms with van der Waals surface area (Å²) in [4.78, 5) is 62.8. The maximum Gasteiger partial charge on any atom is 0.317 e. The van der Waals surface area contributed by atoms with Crippen LogP contribution in [-0.2, 0) is 35.5 Å². The number of carboxylic acid groups (broad SMARTS) is 2. The Labute approximate surface area is 280 Å². The second kappa shape index (κ2) is 13.4. The van der Waals surface area contributed by atoms with Gasteiger partial charge in [-0.2, -0.15) is 0 Å². The average Bonchev–Trinajstić information content (AvgIpc) is 3.63. The van der Waals surface area contributed by atoms with Crippen molar-refractivity contribution in [1.82, 2.24) is 19.8 Å². The minimum atomic E-state index is -0.904. The van der Waals surface area contributed by atoms with Crippen LogP contribution in [0.15, 0.2) is 36.4 Å². The molecule has 238 valence electrons. The topological polar surface area (TPSA) is 165 Å². The van der Waals surface area contributed by atoms with Crippen molar-refractivity contribution in [3.8, 4) is 11.1 Å². The number of hydrogen-bond acceptors (Lipinski definition) is 10. The molecule has 16 heteroatoms. The number of aromatic nitrogens is 2. The number of carboxylic acids is 2. The summed E-state index contributed by atoms with van der Waals surface area (Å²) in [6.45, 7) is 1.80. The highest BCUT2D eigenvalue weighted by atomic mass is 35.5. The number of nitrogens with zero attached hydrogens (tertiary/aromatic N) is 4. The monoisotopic (exact) mass is 700 g/mol. The number of carbonyl (C=O) groups is 4. The number of amides is 2. The van der Waals surface area contributed by atoms with E-state index in [2.05, 4.69) is 20.6 Å². The smallest absolute Gasteiger partial charge is 0.317 e. The fraction of sp³-hybridized carbons (Fsp3) is 0.267. The zero-order chi connectivity index (χ0) is 32.5. The molecule has 4 heterocycles. The molecule has 2 amide bonds. The van der Waals surface area contributed by atoms with Crippen LogP contribution in [0, 0.1) is 0 Å². The third kappa shape index (κ3) is 6.92. The lowest BCUT2D eigenvalue weighted by atomic mass is 10.0. The van der Waals surface area contributed by atoms with Crippen LogP contribution in [0.3, 0.4) is 0 Å². The molecule has 2 aromatic heterocycles. The predicted molar refractivity (Wildman–Crippen MR) is 175 cm³/mol. The quantitative estimate of drug-likeness (QED) is 0.187. The first kappa shape index (κ1) is 32.0. The Morgan fingerprint density at radius 3 is 1.52 bits per heavy atom. The van der Waals surface area contributed by atoms with Gasteiger partial charge in [-0.05, 0) is 12.1 Å². The van der Waals surface area contributed by atoms with E-state index in [1.807, 2.05) is 0 Å². The molecule has 12 nitrogen and oxygen atoms in total. The van der Waals surface area contributed by atoms with Gasteiger partial charge in [0.15, 0.2) is 10.0 Å². The van der Waals surface area contributed by atoms with Gasteiger partial charge in [0.05, 0.1) is 45.9 Å². The lowest BCUT2D eigenvalue weighted by Crippen LogP contribution is -2.34. The number of nitrogens with one attached hydrogen (secondary N) is 2. The third-order valence-electron chi connectivity index (χ3n) is 7.51. The van der Waals surface area contributed by atoms with Crippen molar-refractivity contribution in [1.29, 1.82) is 0 Å². The second-order valence-corrected chi connectivity index (χ2v) is 13.7. The van der Waals surface area contributed by atoms with Gasteiger partial charge < -0.3 is 20.8 Å². The Kier molecular flexibility index (Phi) is 9.36. The predicted octanol–water partition coefficient (Wildman–Crippen LogP) is 4.96. The van der Waals surface area contributed by atoms with Crippen LogP contribution in [0.5, 0.6) is 0 Å². The number of anilines is 2. The third-order valence-corrected chi connectivity index (χ3v) is 10.5. The largest absolute Gasteiger partial charge is 0.480 e. The Balaban J connectivity index is 1.17. The molecule has 2 aliphatic heterocycles. The molecule has 0 saturated carbocycles. The van der Waals surface area contributed by atoms with E-state index >= 15 is 0 Å². The number of aliphatic carboxylic acids is 2. The normalized spacial score (nSPS) is 14.7. The van der Waals surface area contributed by atoms with Crippen molar-refractivity contribution in [3.05, 3.63) is 77.6 Å². The van der Waals surface area contributed by atoms with Crippen LogP contribution < -0.4 is 10.6 Å². The van der Waals surface area contributed by atoms with Crippen LogP contribution in [0.4, 0.5) is 11.4 Å². The number of fused-ring (bicyclic) bond motifs is 2. The number of halogens is 2. The van der Waals surface area contributed by atoms with Crippen LogP contribution >= 0.6 is 45.9 Å². The van der Waals surface area contributed by atoms with E-state index in [-0.39, 0.29) is 33.2 Å². The molecule has 2 aliphatic rings. The average molecular weight is 702 g/mol. The van der Waals surface area contributed by atoms with E-state index in [1.165, 1.54) is 22.7 Å². The lowest BCUT2D eigenvalue weighted by Gasteiger charge is -2.23. The first-order chi connectivity index (χ1) is 22.0. The molecule has 0 unspecified atom stereocenters. The zero-order valence-corrected chi connectivity index (χ0v) is 27.2. The molecule has 0 fully saturated rings. The summed E-state index contributed by atoms with van der Waals surface area (Å²) in [5, 5.41) is 24.9. The first-order valence-corrected chi connectivity index (χ1v) is 16.5. The summed E-state index contributed by atoms with van der Waals surface area (Å²) in [5.74, 6) is -2.68. The summed E-state index contributed by atoms with van der Waals surface area (Å²) < 4.78 is 0. The number of thiazole rings is 2. The van der Waals surface area contributed by atoms with Gasteiger partial charge in [-0.15, -0.1) is 22.7 Å². The molecule has 0 aliphatic carbocycles. The van der Waals surface area contributed by atoms with Gasteiger partial charge in [0.25, 0.3) is 11.8 Å². The summed E-state index contributed by atoms with van der Waals surface area (Å²) in [7, 11) is 0. The molecular formula is C30H26Cl2N6O6S2. The highest BCUT2D eigenvalue weighted by Gasteiger charge is 2.26. The first-order valence-electron chi connectivity index (χ1n) is 14.1. The number of benzene rings is 2. The summed E-state index contributed by atoms with van der Waals surface area (Å²) in [6.07, 6.45) is 1.12. The highest BCUT2D eigenvalue weighted by Crippen LogP contribution is 2.40. The molecule has 2 aromatic carbocycles. The molecule has 0 atom stereocenters. The maximum atomic E-state index is 13.2. The molecular weight excluding hydrogens is 675 g/mol. The SMILES string of the molecule is O=C(O)CN1CCc2nc(C(=O)Nc3cccc(-c4cccc(NC(=O)c5nc6c(s5)CN(CC(=O)O)CC6)c4Cl)c3Cl)sc2C1. The molecule has 0 radical (unpaired) electrons. The van der Waals surface area contributed by atoms with Gasteiger partial charge in [0.2, 0.25) is 0 Å². The minimum Gasteiger partial charge on any atom is -0.480 e. The fourth-order valence-electron chi connectivity index (χ4n) is 5.37. The Morgan fingerprint density at radius 2 is 1.13 bits per heavy atom. The molecule has 6 rings (SSSR count). The standard InChI is InChI=1S/C30H26Cl2N6O6S2/c31-25-15(3-1-5-19(25)33-27(43)29-35-17-7-9-37(13-23(39)40)11-21(17)45-29)16-4-2-6-20(26(16)32)34-28(44)30-36-18-8-10-38(14-24(41)42)12-22(18)46-30/h1-6H,7-14H2,(H,33,43)(H,34,44)(H,39,40)(H,41,42). The van der Waals surface area contributed by atoms with Crippen LogP contribution in [0.2, 0.25) is 10.0 Å². The number of carbonyl (C=O) groups excluding carboxylic acids is 2. The van der Waals surface area contributed by atoms with Crippen molar-refractivity contribution in [3.63, 3.8) is 0 Å². The van der Waals surface area contributed by atoms with Crippen LogP contribution in [-0.4, -0.2) is 79.9 Å². The van der Waals surface area contributed by atoms with E-state index in [9.17, 15) is 19.2 Å². The van der Waals surface area contributed by atoms with Crippen LogP contribution in [0.1, 0.15) is 40.7 Å². The van der Waals surface area contributed by atoms with Gasteiger partial charge in [0.1, 0.15) is 0 Å². The molecule has 46 heavy (non-hydrogen) atoms. The molecule has 0 saturated heterocycles. The Bertz CT molecular complexity index is 1740. The van der Waals surface area contributed by atoms with E-state index in [1.54, 1.807) is 46.2 Å². The van der Waals surface area contributed by atoms with E-state index in [4.69, 9.17) is 33.4 Å². The van der Waals surface area contributed by atoms with Gasteiger partial charge in [-0.1, -0.05) is 47.5 Å². The summed E-state index contributed by atoms with van der Waals surface area (Å²) in [6, 6.07) is 10.3. The highest BCUT2D eigenvalue weighted by molar-refractivity contribution is 7.14. The molecule has 4 N–H and O–H groups in total. The molecule has 0 spiro atoms. The summed E-state index contributed by atoms with van der Waals surface area (Å²) >= 11 is 16.0. The van der Waals surface area contributed by atoms with Crippen LogP contribution in [0.25, 0.3) is 11.1 Å². The zero-order valence-electron chi connectivity index (χ0n) is 24.0. The van der Waals surface area contributed by atoms with E-state index in [0.717, 1.165) is 21.1 Å². The van der Waals surface area contributed by atoms with Crippen molar-refractivity contribution < 1.29 is 29.4 Å². The van der Waals surface area contributed by atoms with Crippen molar-refractivity contribution >= 4 is 81.0 Å². The van der Waals surface area contributed by atoms with Gasteiger partial charge in [0, 0.05) is 59.9 Å². The van der Waals surface area contributed by atoms with Gasteiger partial charge in [-0.3, -0.25) is 29.0 Å². The van der Waals surface area contributed by atoms with Crippen molar-refractivity contribution in [2.45, 2.75) is 25.9 Å². The lowest BCUT2D eigenvalue weighted by molar-refractivity contribution is -0.139. The maximum absolute atomic E-state index is 13.2. The Hall–Kier alpha value is -3.92. The summed E-state index contributed by atoms with van der Waals surface area (Å²) in [5.41, 5.74) is 3.35. The van der Waals surface area contributed by atoms with Gasteiger partial charge in [-0.25, -0.2) is 9.97 Å².